The van der Waals surface area contributed by atoms with Crippen LogP contribution in [-0.2, 0) is 0 Å². The first-order valence-electron chi connectivity index (χ1n) is 8.21. The van der Waals surface area contributed by atoms with Gasteiger partial charge in [-0.1, -0.05) is 12.1 Å². The number of carbonyl (C=O) groups is 1. The number of nitriles is 1. The molecule has 1 N–H and O–H groups in total. The van der Waals surface area contributed by atoms with E-state index in [9.17, 15) is 15.2 Å². The molecule has 5 heteroatoms. The minimum atomic E-state index is -0.0848. The van der Waals surface area contributed by atoms with Gasteiger partial charge in [0.1, 0.15) is 0 Å². The van der Waals surface area contributed by atoms with Gasteiger partial charge < -0.3 is 14.9 Å². The van der Waals surface area contributed by atoms with Crippen LogP contribution in [0.2, 0.25) is 0 Å². The van der Waals surface area contributed by atoms with E-state index >= 15 is 0 Å². The van der Waals surface area contributed by atoms with Crippen molar-refractivity contribution in [1.29, 1.82) is 5.26 Å². The smallest absolute Gasteiger partial charge is 0.255 e. The van der Waals surface area contributed by atoms with Crippen molar-refractivity contribution in [3.63, 3.8) is 0 Å². The number of rotatable bonds is 2. The Hall–Kier alpha value is -1.90. The summed E-state index contributed by atoms with van der Waals surface area (Å²) in [5, 5.41) is 19.2. The van der Waals surface area contributed by atoms with Crippen LogP contribution in [0.3, 0.4) is 0 Å². The van der Waals surface area contributed by atoms with E-state index in [1.165, 1.54) is 0 Å². The van der Waals surface area contributed by atoms with Crippen LogP contribution < -0.4 is 0 Å². The molecule has 5 nitrogen and oxygen atoms in total. The molecule has 0 aliphatic carbocycles. The van der Waals surface area contributed by atoms with Crippen molar-refractivity contribution >= 4 is 5.91 Å². The van der Waals surface area contributed by atoms with E-state index < -0.39 is 0 Å². The molecule has 1 aromatic rings. The van der Waals surface area contributed by atoms with Gasteiger partial charge >= 0.3 is 0 Å². The molecule has 2 fully saturated rings. The summed E-state index contributed by atoms with van der Waals surface area (Å²) in [7, 11) is 2.07. The molecule has 3 rings (SSSR count). The molecule has 0 radical (unpaired) electrons. The minimum Gasteiger partial charge on any atom is -0.396 e. The fourth-order valence-electron chi connectivity index (χ4n) is 4.14. The number of hydrogen-bond donors (Lipinski definition) is 1. The Balaban J connectivity index is 1.83. The summed E-state index contributed by atoms with van der Waals surface area (Å²) in [6.45, 7) is 2.45. The number of nitrogens with zero attached hydrogens (tertiary/aromatic N) is 3. The van der Waals surface area contributed by atoms with E-state index in [0.29, 0.717) is 24.2 Å². The second kappa shape index (κ2) is 6.31. The third kappa shape index (κ3) is 2.73. The predicted octanol–water partition coefficient (Wildman–Crippen LogP) is 1.48. The predicted molar refractivity (Wildman–Crippen MR) is 86.8 cm³/mol. The Morgan fingerprint density at radius 2 is 2.17 bits per heavy atom. The number of fused-ring (bicyclic) bond motifs is 1. The van der Waals surface area contributed by atoms with Crippen LogP contribution in [0.1, 0.15) is 35.2 Å². The van der Waals surface area contributed by atoms with E-state index in [0.717, 1.165) is 25.8 Å². The van der Waals surface area contributed by atoms with Gasteiger partial charge in [-0.2, -0.15) is 5.26 Å². The summed E-state index contributed by atoms with van der Waals surface area (Å²) in [4.78, 5) is 17.0. The van der Waals surface area contributed by atoms with Crippen LogP contribution in [0.25, 0.3) is 0 Å². The van der Waals surface area contributed by atoms with Crippen LogP contribution in [0.15, 0.2) is 24.3 Å². The molecule has 1 amide bonds. The van der Waals surface area contributed by atoms with Gasteiger partial charge in [-0.3, -0.25) is 4.79 Å². The first-order chi connectivity index (χ1) is 11.1. The number of aliphatic hydroxyl groups is 1. The third-order valence-corrected chi connectivity index (χ3v) is 5.58. The van der Waals surface area contributed by atoms with Crippen LogP contribution in [0.5, 0.6) is 0 Å². The van der Waals surface area contributed by atoms with E-state index in [1.54, 1.807) is 24.3 Å². The van der Waals surface area contributed by atoms with E-state index in [-0.39, 0.29) is 24.0 Å². The summed E-state index contributed by atoms with van der Waals surface area (Å²) in [6.07, 6.45) is 2.94. The summed E-state index contributed by atoms with van der Waals surface area (Å²) >= 11 is 0. The zero-order valence-corrected chi connectivity index (χ0v) is 13.5. The van der Waals surface area contributed by atoms with Gasteiger partial charge in [0.25, 0.3) is 5.91 Å². The molecule has 2 saturated heterocycles. The second-order valence-corrected chi connectivity index (χ2v) is 6.78. The zero-order chi connectivity index (χ0) is 16.4. The largest absolute Gasteiger partial charge is 0.396 e. The van der Waals surface area contributed by atoms with Crippen LogP contribution in [0, 0.1) is 16.7 Å². The van der Waals surface area contributed by atoms with Crippen molar-refractivity contribution in [2.24, 2.45) is 5.41 Å². The quantitative estimate of drug-likeness (QED) is 0.898. The number of piperidine rings is 2. The van der Waals surface area contributed by atoms with E-state index in [4.69, 9.17) is 0 Å². The summed E-state index contributed by atoms with van der Waals surface area (Å²) in [5.74, 6) is -0.0762. The number of likely N-dealkylation sites (N-methyl/N-ethyl adjacent to an activating group) is 1. The Morgan fingerprint density at radius 3 is 2.91 bits per heavy atom. The SMILES string of the molecule is CN1CCC[C@]2(CO)CCN(C(=O)c3ccccc3C#N)C[C@@H]12. The number of amides is 1. The van der Waals surface area contributed by atoms with Crippen molar-refractivity contribution in [3.05, 3.63) is 35.4 Å². The van der Waals surface area contributed by atoms with Crippen molar-refractivity contribution in [2.75, 3.05) is 33.3 Å². The Morgan fingerprint density at radius 1 is 1.39 bits per heavy atom. The molecule has 0 aromatic heterocycles. The van der Waals surface area contributed by atoms with Crippen LogP contribution >= 0.6 is 0 Å². The monoisotopic (exact) mass is 313 g/mol. The average Bonchev–Trinajstić information content (AvgIpc) is 2.61. The van der Waals surface area contributed by atoms with Gasteiger partial charge in [0.15, 0.2) is 0 Å². The lowest BCUT2D eigenvalue weighted by molar-refractivity contribution is -0.0601. The maximum atomic E-state index is 12.8. The van der Waals surface area contributed by atoms with Gasteiger partial charge in [-0.25, -0.2) is 0 Å². The molecule has 2 atom stereocenters. The van der Waals surface area contributed by atoms with Gasteiger partial charge in [-0.15, -0.1) is 0 Å². The summed E-state index contributed by atoms with van der Waals surface area (Å²) in [5.41, 5.74) is 0.817. The highest BCUT2D eigenvalue weighted by molar-refractivity contribution is 5.96. The lowest BCUT2D eigenvalue weighted by atomic mass is 9.69. The first kappa shape index (κ1) is 16.0. The molecule has 0 saturated carbocycles. The van der Waals surface area contributed by atoms with Crippen LogP contribution in [-0.4, -0.2) is 60.1 Å². The molecule has 122 valence electrons. The van der Waals surface area contributed by atoms with E-state index in [2.05, 4.69) is 18.0 Å². The van der Waals surface area contributed by atoms with Crippen molar-refractivity contribution in [2.45, 2.75) is 25.3 Å². The molecular weight excluding hydrogens is 290 g/mol. The van der Waals surface area contributed by atoms with Gasteiger partial charge in [-0.05, 0) is 45.0 Å². The Bertz CT molecular complexity index is 639. The molecule has 1 aromatic carbocycles. The van der Waals surface area contributed by atoms with Gasteiger partial charge in [0.05, 0.1) is 23.8 Å². The van der Waals surface area contributed by atoms with Gasteiger partial charge in [0.2, 0.25) is 0 Å². The average molecular weight is 313 g/mol. The highest BCUT2D eigenvalue weighted by Crippen LogP contribution is 2.41. The number of hydrogen-bond acceptors (Lipinski definition) is 4. The minimum absolute atomic E-state index is 0.0762. The molecule has 0 unspecified atom stereocenters. The molecular formula is C18H23N3O2. The number of likely N-dealkylation sites (tertiary alicyclic amines) is 2. The highest BCUT2D eigenvalue weighted by Gasteiger charge is 2.47. The Labute approximate surface area is 137 Å². The van der Waals surface area contributed by atoms with Crippen LogP contribution in [0.4, 0.5) is 0 Å². The third-order valence-electron chi connectivity index (χ3n) is 5.58. The molecule has 23 heavy (non-hydrogen) atoms. The normalized spacial score (nSPS) is 28.0. The van der Waals surface area contributed by atoms with E-state index in [1.807, 2.05) is 4.90 Å². The molecule has 0 spiro atoms. The number of aliphatic hydroxyl groups excluding tert-OH is 1. The fourth-order valence-corrected chi connectivity index (χ4v) is 4.14. The topological polar surface area (TPSA) is 67.6 Å². The zero-order valence-electron chi connectivity index (χ0n) is 13.5. The maximum absolute atomic E-state index is 12.8. The van der Waals surface area contributed by atoms with Crippen molar-refractivity contribution in [3.8, 4) is 6.07 Å². The highest BCUT2D eigenvalue weighted by atomic mass is 16.3. The molecule has 2 aliphatic heterocycles. The molecule has 0 bridgehead atoms. The second-order valence-electron chi connectivity index (χ2n) is 6.78. The summed E-state index contributed by atoms with van der Waals surface area (Å²) in [6, 6.07) is 9.26. The standard InChI is InChI=1S/C18H23N3O2/c1-20-9-4-7-18(13-22)8-10-21(12-16(18)20)17(23)15-6-3-2-5-14(15)11-19/h2-3,5-6,16,22H,4,7-10,12-13H2,1H3/t16-,18-/m1/s1. The fraction of sp³-hybridized carbons (Fsp3) is 0.556. The van der Waals surface area contributed by atoms with Crippen molar-refractivity contribution in [1.82, 2.24) is 9.80 Å². The van der Waals surface area contributed by atoms with Gasteiger partial charge in [0, 0.05) is 24.5 Å². The maximum Gasteiger partial charge on any atom is 0.255 e. The Kier molecular flexibility index (Phi) is 4.38. The lowest BCUT2D eigenvalue weighted by Crippen LogP contribution is -2.62. The number of carbonyl (C=O) groups excluding carboxylic acids is 1. The summed E-state index contributed by atoms with van der Waals surface area (Å²) < 4.78 is 0. The lowest BCUT2D eigenvalue weighted by Gasteiger charge is -2.53. The molecule has 2 heterocycles. The van der Waals surface area contributed by atoms with Crippen molar-refractivity contribution < 1.29 is 9.90 Å². The first-order valence-corrected chi connectivity index (χ1v) is 8.21. The molecule has 2 aliphatic rings. The number of benzene rings is 1.